The predicted octanol–water partition coefficient (Wildman–Crippen LogP) is 3.66. The van der Waals surface area contributed by atoms with Gasteiger partial charge in [0.15, 0.2) is 0 Å². The maximum Gasteiger partial charge on any atom is 0.290 e. The lowest BCUT2D eigenvalue weighted by atomic mass is 9.85. The number of hydrogen-bond donors (Lipinski definition) is 1. The summed E-state index contributed by atoms with van der Waals surface area (Å²) in [4.78, 5) is 39.8. The van der Waals surface area contributed by atoms with Crippen LogP contribution in [0.3, 0.4) is 0 Å². The summed E-state index contributed by atoms with van der Waals surface area (Å²) in [5.41, 5.74) is 1.31. The lowest BCUT2D eigenvalue weighted by Gasteiger charge is -2.35. The summed E-state index contributed by atoms with van der Waals surface area (Å²) < 4.78 is 0. The Labute approximate surface area is 174 Å². The summed E-state index contributed by atoms with van der Waals surface area (Å²) in [5.74, 6) is -0.942. The van der Waals surface area contributed by atoms with Crippen molar-refractivity contribution in [3.05, 3.63) is 35.9 Å². The molecule has 0 radical (unpaired) electrons. The minimum absolute atomic E-state index is 0.103. The Hall–Kier alpha value is -2.17. The number of likely N-dealkylation sites (tertiary alicyclic amines) is 1. The van der Waals surface area contributed by atoms with Crippen LogP contribution in [0.15, 0.2) is 30.3 Å². The normalized spacial score (nSPS) is 20.3. The van der Waals surface area contributed by atoms with Crippen LogP contribution in [0.5, 0.6) is 0 Å². The van der Waals surface area contributed by atoms with Crippen molar-refractivity contribution in [2.45, 2.75) is 76.7 Å². The first-order chi connectivity index (χ1) is 14.2. The molecule has 0 aromatic heterocycles. The van der Waals surface area contributed by atoms with Gasteiger partial charge in [0.05, 0.1) is 0 Å². The zero-order valence-electron chi connectivity index (χ0n) is 17.4. The summed E-state index contributed by atoms with van der Waals surface area (Å²) in [5, 5.41) is 3.00. The van der Waals surface area contributed by atoms with Gasteiger partial charge in [-0.1, -0.05) is 49.6 Å². The van der Waals surface area contributed by atoms with Gasteiger partial charge in [0.2, 0.25) is 11.7 Å². The third-order valence-corrected chi connectivity index (χ3v) is 6.29. The van der Waals surface area contributed by atoms with Crippen LogP contribution in [0.4, 0.5) is 0 Å². The van der Waals surface area contributed by atoms with Crippen molar-refractivity contribution in [3.63, 3.8) is 0 Å². The molecule has 2 amide bonds. The van der Waals surface area contributed by atoms with Gasteiger partial charge in [0.25, 0.3) is 5.91 Å². The van der Waals surface area contributed by atoms with E-state index in [1.165, 1.54) is 5.56 Å². The zero-order chi connectivity index (χ0) is 20.5. The van der Waals surface area contributed by atoms with Crippen LogP contribution < -0.4 is 5.32 Å². The molecule has 1 aromatic carbocycles. The zero-order valence-corrected chi connectivity index (χ0v) is 17.4. The number of hydrogen-bond acceptors (Lipinski definition) is 3. The topological polar surface area (TPSA) is 66.5 Å². The lowest BCUT2D eigenvalue weighted by molar-refractivity contribution is -0.152. The van der Waals surface area contributed by atoms with E-state index in [-0.39, 0.29) is 17.6 Å². The smallest absolute Gasteiger partial charge is 0.290 e. The third kappa shape index (κ3) is 6.15. The fourth-order valence-electron chi connectivity index (χ4n) is 4.56. The number of benzene rings is 1. The van der Waals surface area contributed by atoms with E-state index < -0.39 is 11.9 Å². The van der Waals surface area contributed by atoms with Crippen LogP contribution in [-0.4, -0.2) is 41.6 Å². The summed E-state index contributed by atoms with van der Waals surface area (Å²) in [6, 6.07) is 9.85. The summed E-state index contributed by atoms with van der Waals surface area (Å²) >= 11 is 0. The van der Waals surface area contributed by atoms with E-state index in [0.29, 0.717) is 19.5 Å². The number of carbonyl (C=O) groups excluding carboxylic acids is 3. The van der Waals surface area contributed by atoms with Gasteiger partial charge in [0.1, 0.15) is 6.04 Å². The van der Waals surface area contributed by atoms with E-state index >= 15 is 0 Å². The van der Waals surface area contributed by atoms with E-state index in [4.69, 9.17) is 0 Å². The van der Waals surface area contributed by atoms with Gasteiger partial charge >= 0.3 is 0 Å². The number of rotatable bonds is 8. The van der Waals surface area contributed by atoms with Crippen molar-refractivity contribution in [3.8, 4) is 0 Å². The molecule has 1 N–H and O–H groups in total. The molecular formula is C24H34N2O3. The van der Waals surface area contributed by atoms with Crippen LogP contribution >= 0.6 is 0 Å². The molecule has 0 spiro atoms. The monoisotopic (exact) mass is 398 g/mol. The molecule has 1 saturated heterocycles. The van der Waals surface area contributed by atoms with Crippen LogP contribution in [0.25, 0.3) is 0 Å². The van der Waals surface area contributed by atoms with Gasteiger partial charge in [-0.15, -0.1) is 0 Å². The fraction of sp³-hybridized carbons (Fsp3) is 0.625. The average Bonchev–Trinajstić information content (AvgIpc) is 2.79. The highest BCUT2D eigenvalue weighted by Gasteiger charge is 2.37. The Morgan fingerprint density at radius 1 is 0.897 bits per heavy atom. The maximum absolute atomic E-state index is 12.8. The highest BCUT2D eigenvalue weighted by Crippen LogP contribution is 2.26. The molecule has 1 aliphatic heterocycles. The maximum atomic E-state index is 12.8. The molecule has 5 heteroatoms. The molecular weight excluding hydrogens is 364 g/mol. The quantitative estimate of drug-likeness (QED) is 0.537. The molecule has 29 heavy (non-hydrogen) atoms. The number of nitrogens with zero attached hydrogens (tertiary/aromatic N) is 1. The van der Waals surface area contributed by atoms with Gasteiger partial charge in [0, 0.05) is 19.0 Å². The molecule has 2 aliphatic rings. The highest BCUT2D eigenvalue weighted by molar-refractivity contribution is 6.37. The minimum atomic E-state index is -0.488. The first-order valence-corrected chi connectivity index (χ1v) is 11.3. The van der Waals surface area contributed by atoms with Crippen LogP contribution in [0, 0.1) is 5.92 Å². The fourth-order valence-corrected chi connectivity index (χ4v) is 4.56. The molecule has 1 aliphatic carbocycles. The van der Waals surface area contributed by atoms with Crippen molar-refractivity contribution in [2.75, 3.05) is 13.1 Å². The number of ketones is 1. The second kappa shape index (κ2) is 11.1. The van der Waals surface area contributed by atoms with Crippen molar-refractivity contribution in [1.82, 2.24) is 10.2 Å². The SMILES string of the molecule is O=C(C(=O)N1CCCCC1C(=O)NCCCCc1ccccc1)C1CCCCC1. The number of carbonyl (C=O) groups is 3. The van der Waals surface area contributed by atoms with Gasteiger partial charge in [-0.2, -0.15) is 0 Å². The van der Waals surface area contributed by atoms with Crippen molar-refractivity contribution < 1.29 is 14.4 Å². The minimum Gasteiger partial charge on any atom is -0.354 e. The lowest BCUT2D eigenvalue weighted by Crippen LogP contribution is -2.54. The molecule has 1 aromatic rings. The summed E-state index contributed by atoms with van der Waals surface area (Å²) in [7, 11) is 0. The second-order valence-corrected chi connectivity index (χ2v) is 8.44. The Balaban J connectivity index is 1.45. The van der Waals surface area contributed by atoms with E-state index in [1.54, 1.807) is 4.90 Å². The number of aryl methyl sites for hydroxylation is 1. The third-order valence-electron chi connectivity index (χ3n) is 6.29. The van der Waals surface area contributed by atoms with Crippen molar-refractivity contribution in [2.24, 2.45) is 5.92 Å². The molecule has 3 rings (SSSR count). The number of unbranched alkanes of at least 4 members (excludes halogenated alkanes) is 1. The Morgan fingerprint density at radius 2 is 1.62 bits per heavy atom. The Morgan fingerprint density at radius 3 is 2.38 bits per heavy atom. The van der Waals surface area contributed by atoms with Gasteiger partial charge in [-0.05, 0) is 56.9 Å². The summed E-state index contributed by atoms with van der Waals surface area (Å²) in [6.07, 6.45) is 10.2. The van der Waals surface area contributed by atoms with E-state index in [1.807, 2.05) is 18.2 Å². The molecule has 5 nitrogen and oxygen atoms in total. The first kappa shape index (κ1) is 21.5. The predicted molar refractivity (Wildman–Crippen MR) is 113 cm³/mol. The van der Waals surface area contributed by atoms with Crippen LogP contribution in [0.1, 0.15) is 69.8 Å². The van der Waals surface area contributed by atoms with Crippen molar-refractivity contribution in [1.29, 1.82) is 0 Å². The largest absolute Gasteiger partial charge is 0.354 e. The summed E-state index contributed by atoms with van der Waals surface area (Å²) in [6.45, 7) is 1.13. The van der Waals surface area contributed by atoms with Gasteiger partial charge in [-0.25, -0.2) is 0 Å². The average molecular weight is 399 g/mol. The Bertz CT molecular complexity index is 683. The standard InChI is InChI=1S/C24H34N2O3/c27-22(20-14-5-2-6-15-20)24(29)26-18-10-8-16-21(26)23(28)25-17-9-7-13-19-11-3-1-4-12-19/h1,3-4,11-12,20-21H,2,5-10,13-18H2,(H,25,28). The first-order valence-electron chi connectivity index (χ1n) is 11.3. The molecule has 158 valence electrons. The van der Waals surface area contributed by atoms with Crippen molar-refractivity contribution >= 4 is 17.6 Å². The van der Waals surface area contributed by atoms with E-state index in [9.17, 15) is 14.4 Å². The molecule has 1 heterocycles. The second-order valence-electron chi connectivity index (χ2n) is 8.44. The molecule has 1 saturated carbocycles. The molecule has 0 bridgehead atoms. The van der Waals surface area contributed by atoms with E-state index in [0.717, 1.165) is 64.2 Å². The number of piperidine rings is 1. The number of nitrogens with one attached hydrogen (secondary N) is 1. The Kier molecular flexibility index (Phi) is 8.26. The molecule has 1 unspecified atom stereocenters. The number of Topliss-reactive ketones (excluding diaryl/α,β-unsaturated/α-hetero) is 1. The molecule has 1 atom stereocenters. The van der Waals surface area contributed by atoms with Crippen LogP contribution in [-0.2, 0) is 20.8 Å². The number of amides is 2. The highest BCUT2D eigenvalue weighted by atomic mass is 16.2. The van der Waals surface area contributed by atoms with Gasteiger partial charge < -0.3 is 10.2 Å². The van der Waals surface area contributed by atoms with E-state index in [2.05, 4.69) is 17.4 Å². The van der Waals surface area contributed by atoms with Crippen LogP contribution in [0.2, 0.25) is 0 Å². The van der Waals surface area contributed by atoms with Gasteiger partial charge in [-0.3, -0.25) is 14.4 Å². The molecule has 2 fully saturated rings.